The normalized spacial score (nSPS) is 10.5. The van der Waals surface area contributed by atoms with Crippen LogP contribution in [0.1, 0.15) is 10.5 Å². The van der Waals surface area contributed by atoms with Crippen LogP contribution in [0.2, 0.25) is 5.02 Å². The smallest absolute Gasteiger partial charge is 0.360 e. The number of para-hydroxylation sites is 1. The number of carboxylic acids is 1. The van der Waals surface area contributed by atoms with E-state index in [1.807, 2.05) is 0 Å². The fourth-order valence-corrected chi connectivity index (χ4v) is 2.72. The topological polar surface area (TPSA) is 102 Å². The minimum Gasteiger partial charge on any atom is -0.503 e. The van der Waals surface area contributed by atoms with E-state index >= 15 is 0 Å². The summed E-state index contributed by atoms with van der Waals surface area (Å²) in [5.41, 5.74) is -0.0178. The van der Waals surface area contributed by atoms with Gasteiger partial charge in [0, 0.05) is 10.6 Å². The van der Waals surface area contributed by atoms with E-state index in [2.05, 4.69) is 5.10 Å². The highest BCUT2D eigenvalue weighted by Crippen LogP contribution is 2.32. The molecule has 0 fully saturated rings. The van der Waals surface area contributed by atoms with Crippen molar-refractivity contribution in [2.75, 3.05) is 7.11 Å². The number of rotatable bonds is 4. The molecular weight excluding hydrogens is 360 g/mol. The number of benzene rings is 2. The van der Waals surface area contributed by atoms with Crippen LogP contribution in [-0.2, 0) is 0 Å². The van der Waals surface area contributed by atoms with Crippen molar-refractivity contribution in [1.29, 1.82) is 0 Å². The quantitative estimate of drug-likeness (QED) is 0.730. The monoisotopic (exact) mass is 372 g/mol. The van der Waals surface area contributed by atoms with Gasteiger partial charge in [0.25, 0.3) is 5.43 Å². The number of aromatic carboxylic acids is 1. The Morgan fingerprint density at radius 3 is 2.65 bits per heavy atom. The molecule has 8 heteroatoms. The van der Waals surface area contributed by atoms with Crippen molar-refractivity contribution in [1.82, 2.24) is 9.78 Å². The van der Waals surface area contributed by atoms with Gasteiger partial charge < -0.3 is 14.9 Å². The number of carbonyl (C=O) groups is 1. The van der Waals surface area contributed by atoms with E-state index in [1.54, 1.807) is 42.5 Å². The van der Waals surface area contributed by atoms with E-state index in [4.69, 9.17) is 21.4 Å². The maximum Gasteiger partial charge on any atom is 0.360 e. The lowest BCUT2D eigenvalue weighted by atomic mass is 10.0. The van der Waals surface area contributed by atoms with Gasteiger partial charge in [0.2, 0.25) is 5.69 Å². The van der Waals surface area contributed by atoms with Crippen molar-refractivity contribution in [3.8, 4) is 28.3 Å². The second-order valence-corrected chi connectivity index (χ2v) is 5.78. The van der Waals surface area contributed by atoms with E-state index in [1.165, 1.54) is 7.11 Å². The minimum atomic E-state index is -1.53. The van der Waals surface area contributed by atoms with Crippen LogP contribution in [0.25, 0.3) is 16.8 Å². The predicted octanol–water partition coefficient (Wildman–Crippen LogP) is 2.97. The van der Waals surface area contributed by atoms with Crippen LogP contribution in [0.3, 0.4) is 0 Å². The highest BCUT2D eigenvalue weighted by molar-refractivity contribution is 6.31. The molecule has 26 heavy (non-hydrogen) atoms. The summed E-state index contributed by atoms with van der Waals surface area (Å²) in [6, 6.07) is 12.1. The molecule has 1 aromatic heterocycles. The Morgan fingerprint density at radius 1 is 1.23 bits per heavy atom. The van der Waals surface area contributed by atoms with Gasteiger partial charge in [-0.2, -0.15) is 5.10 Å². The second kappa shape index (κ2) is 6.89. The molecule has 0 radical (unpaired) electrons. The largest absolute Gasteiger partial charge is 0.503 e. The lowest BCUT2D eigenvalue weighted by Gasteiger charge is -2.13. The zero-order valence-electron chi connectivity index (χ0n) is 13.5. The molecular formula is C18H13ClN2O5. The number of ether oxygens (including phenoxy) is 1. The average molecular weight is 373 g/mol. The third-order valence-electron chi connectivity index (χ3n) is 3.67. The van der Waals surface area contributed by atoms with Crippen molar-refractivity contribution in [3.05, 3.63) is 69.6 Å². The number of nitrogens with zero attached hydrogens (tertiary/aromatic N) is 2. The van der Waals surface area contributed by atoms with Gasteiger partial charge >= 0.3 is 5.97 Å². The van der Waals surface area contributed by atoms with Crippen molar-refractivity contribution in [3.63, 3.8) is 0 Å². The minimum absolute atomic E-state index is 0.453. The molecule has 0 saturated heterocycles. The second-order valence-electron chi connectivity index (χ2n) is 5.34. The molecule has 0 bridgehead atoms. The Morgan fingerprint density at radius 2 is 1.96 bits per heavy atom. The van der Waals surface area contributed by atoms with Crippen LogP contribution in [0.5, 0.6) is 11.5 Å². The summed E-state index contributed by atoms with van der Waals surface area (Å²) < 4.78 is 6.36. The Kier molecular flexibility index (Phi) is 4.64. The SMILES string of the molecule is COc1cc(Cl)cc(-c2ccccc2-n2cc(O)c(=O)c(C(=O)O)n2)c1. The van der Waals surface area contributed by atoms with Crippen LogP contribution >= 0.6 is 11.6 Å². The maximum atomic E-state index is 11.7. The Bertz CT molecular complexity index is 1060. The summed E-state index contributed by atoms with van der Waals surface area (Å²) in [5.74, 6) is -1.69. The molecule has 2 aromatic carbocycles. The van der Waals surface area contributed by atoms with Crippen molar-refractivity contribution in [2.45, 2.75) is 0 Å². The molecule has 3 rings (SSSR count). The zero-order valence-corrected chi connectivity index (χ0v) is 14.3. The van der Waals surface area contributed by atoms with Crippen molar-refractivity contribution in [2.24, 2.45) is 0 Å². The lowest BCUT2D eigenvalue weighted by molar-refractivity contribution is 0.0686. The van der Waals surface area contributed by atoms with E-state index < -0.39 is 22.8 Å². The number of carboxylic acid groups (broad SMARTS) is 1. The van der Waals surface area contributed by atoms with Gasteiger partial charge in [0.15, 0.2) is 5.75 Å². The molecule has 7 nitrogen and oxygen atoms in total. The molecule has 0 aliphatic heterocycles. The van der Waals surface area contributed by atoms with Gasteiger partial charge in [0.1, 0.15) is 5.75 Å². The molecule has 3 aromatic rings. The van der Waals surface area contributed by atoms with Gasteiger partial charge in [-0.05, 0) is 29.8 Å². The van der Waals surface area contributed by atoms with Crippen LogP contribution < -0.4 is 10.2 Å². The van der Waals surface area contributed by atoms with Crippen LogP contribution in [0, 0.1) is 0 Å². The highest BCUT2D eigenvalue weighted by atomic mass is 35.5. The average Bonchev–Trinajstić information content (AvgIpc) is 2.63. The third kappa shape index (κ3) is 3.25. The van der Waals surface area contributed by atoms with Crippen LogP contribution in [-0.4, -0.2) is 33.1 Å². The molecule has 1 heterocycles. The third-order valence-corrected chi connectivity index (χ3v) is 3.89. The number of hydrogen-bond acceptors (Lipinski definition) is 5. The number of aromatic hydroxyl groups is 1. The fraction of sp³-hybridized carbons (Fsp3) is 0.0556. The Hall–Kier alpha value is -3.32. The van der Waals surface area contributed by atoms with E-state index in [0.29, 0.717) is 27.6 Å². The van der Waals surface area contributed by atoms with Crippen molar-refractivity contribution >= 4 is 17.6 Å². The first-order valence-corrected chi connectivity index (χ1v) is 7.79. The number of halogens is 1. The Balaban J connectivity index is 2.25. The van der Waals surface area contributed by atoms with Crippen molar-refractivity contribution < 1.29 is 19.7 Å². The first-order valence-electron chi connectivity index (χ1n) is 7.41. The lowest BCUT2D eigenvalue weighted by Crippen LogP contribution is -2.21. The molecule has 0 spiro atoms. The molecule has 0 aliphatic carbocycles. The maximum absolute atomic E-state index is 11.7. The summed E-state index contributed by atoms with van der Waals surface area (Å²) in [4.78, 5) is 23.0. The molecule has 0 unspecified atom stereocenters. The van der Waals surface area contributed by atoms with Gasteiger partial charge in [0.05, 0.1) is 19.0 Å². The highest BCUT2D eigenvalue weighted by Gasteiger charge is 2.17. The van der Waals surface area contributed by atoms with E-state index in [9.17, 15) is 14.7 Å². The summed E-state index contributed by atoms with van der Waals surface area (Å²) in [5, 5.41) is 23.2. The first kappa shape index (κ1) is 17.5. The number of aromatic nitrogens is 2. The van der Waals surface area contributed by atoms with Crippen LogP contribution in [0.4, 0.5) is 0 Å². The predicted molar refractivity (Wildman–Crippen MR) is 95.5 cm³/mol. The molecule has 0 aliphatic rings. The molecule has 2 N–H and O–H groups in total. The molecule has 0 amide bonds. The fourth-order valence-electron chi connectivity index (χ4n) is 2.49. The standard InChI is InChI=1S/C18H13ClN2O5/c1-26-12-7-10(6-11(19)8-12)13-4-2-3-5-14(13)21-9-15(22)17(23)16(20-21)18(24)25/h2-9,22H,1H3,(H,24,25). The number of methoxy groups -OCH3 is 1. The molecule has 132 valence electrons. The van der Waals surface area contributed by atoms with E-state index in [0.717, 1.165) is 10.9 Å². The van der Waals surface area contributed by atoms with Gasteiger partial charge in [-0.15, -0.1) is 0 Å². The zero-order chi connectivity index (χ0) is 18.8. The summed E-state index contributed by atoms with van der Waals surface area (Å²) in [6.07, 6.45) is 1.06. The van der Waals surface area contributed by atoms with E-state index in [-0.39, 0.29) is 0 Å². The molecule has 0 saturated carbocycles. The summed E-state index contributed by atoms with van der Waals surface area (Å²) in [7, 11) is 1.52. The molecule has 0 atom stereocenters. The van der Waals surface area contributed by atoms with Gasteiger partial charge in [-0.1, -0.05) is 29.8 Å². The Labute approximate surface area is 152 Å². The summed E-state index contributed by atoms with van der Waals surface area (Å²) >= 11 is 6.13. The summed E-state index contributed by atoms with van der Waals surface area (Å²) in [6.45, 7) is 0. The number of hydrogen-bond donors (Lipinski definition) is 2. The van der Waals surface area contributed by atoms with Gasteiger partial charge in [-0.3, -0.25) is 4.79 Å². The first-order chi connectivity index (χ1) is 12.4. The van der Waals surface area contributed by atoms with Crippen LogP contribution in [0.15, 0.2) is 53.5 Å². The van der Waals surface area contributed by atoms with Gasteiger partial charge in [-0.25, -0.2) is 9.48 Å².